The summed E-state index contributed by atoms with van der Waals surface area (Å²) in [5.74, 6) is 1.69. The number of carbonyl (C=O) groups excluding carboxylic acids is 2. The van der Waals surface area contributed by atoms with Gasteiger partial charge in [-0.15, -0.1) is 0 Å². The average Bonchev–Trinajstić information content (AvgIpc) is 3.27. The molecule has 3 aliphatic rings. The third-order valence-electron chi connectivity index (χ3n) is 6.44. The van der Waals surface area contributed by atoms with Crippen LogP contribution in [0.1, 0.15) is 20.3 Å². The van der Waals surface area contributed by atoms with Gasteiger partial charge in [-0.1, -0.05) is 0 Å². The van der Waals surface area contributed by atoms with Crippen LogP contribution < -0.4 is 25.6 Å². The van der Waals surface area contributed by atoms with Gasteiger partial charge in [0.2, 0.25) is 5.95 Å². The molecule has 2 saturated heterocycles. The number of alkyl carbamates (subject to hydrolysis) is 1. The molecule has 34 heavy (non-hydrogen) atoms. The van der Waals surface area contributed by atoms with Gasteiger partial charge in [-0.25, -0.2) is 9.78 Å². The summed E-state index contributed by atoms with van der Waals surface area (Å²) in [5.41, 5.74) is 1.59. The number of hydrogen-bond acceptors (Lipinski definition) is 9. The molecule has 1 aromatic carbocycles. The van der Waals surface area contributed by atoms with Gasteiger partial charge in [0, 0.05) is 30.8 Å². The lowest BCUT2D eigenvalue weighted by atomic mass is 9.92. The van der Waals surface area contributed by atoms with Gasteiger partial charge >= 0.3 is 6.09 Å². The van der Waals surface area contributed by atoms with E-state index in [1.54, 1.807) is 38.3 Å². The van der Waals surface area contributed by atoms with Crippen LogP contribution in [-0.2, 0) is 9.53 Å². The second kappa shape index (κ2) is 7.51. The summed E-state index contributed by atoms with van der Waals surface area (Å²) < 4.78 is 17.0. The summed E-state index contributed by atoms with van der Waals surface area (Å²) >= 11 is 0. The van der Waals surface area contributed by atoms with Gasteiger partial charge in [0.15, 0.2) is 17.0 Å². The predicted octanol–water partition coefficient (Wildman–Crippen LogP) is 3.01. The van der Waals surface area contributed by atoms with Gasteiger partial charge in [-0.2, -0.15) is 4.98 Å². The zero-order valence-corrected chi connectivity index (χ0v) is 18.8. The van der Waals surface area contributed by atoms with Gasteiger partial charge in [-0.3, -0.25) is 4.79 Å². The molecule has 2 fully saturated rings. The minimum absolute atomic E-state index is 0.201. The fourth-order valence-electron chi connectivity index (χ4n) is 4.55. The Morgan fingerprint density at radius 3 is 2.97 bits per heavy atom. The second-order valence-corrected chi connectivity index (χ2v) is 9.23. The number of benzene rings is 1. The number of hydrogen-bond donors (Lipinski definition) is 3. The Bertz CT molecular complexity index is 1300. The minimum Gasteiger partial charge on any atom is -0.476 e. The highest BCUT2D eigenvalue weighted by Gasteiger charge is 2.37. The van der Waals surface area contributed by atoms with Crippen molar-refractivity contribution in [2.24, 2.45) is 5.92 Å². The van der Waals surface area contributed by atoms with E-state index in [0.29, 0.717) is 53.1 Å². The quantitative estimate of drug-likeness (QED) is 0.535. The average molecular weight is 464 g/mol. The van der Waals surface area contributed by atoms with E-state index in [1.165, 1.54) is 0 Å². The van der Waals surface area contributed by atoms with Crippen LogP contribution in [0.2, 0.25) is 0 Å². The molecule has 0 saturated carbocycles. The normalized spacial score (nSPS) is 23.2. The molecule has 0 bridgehead atoms. The lowest BCUT2D eigenvalue weighted by Gasteiger charge is -2.40. The monoisotopic (exact) mass is 464 g/mol. The molecule has 2 amide bonds. The lowest BCUT2D eigenvalue weighted by Crippen LogP contribution is -2.54. The number of fused-ring (bicyclic) bond motifs is 3. The smallest absolute Gasteiger partial charge is 0.407 e. The van der Waals surface area contributed by atoms with Crippen molar-refractivity contribution in [2.75, 3.05) is 35.2 Å². The highest BCUT2D eigenvalue weighted by atomic mass is 16.6. The zero-order valence-electron chi connectivity index (χ0n) is 18.8. The van der Waals surface area contributed by atoms with Crippen LogP contribution >= 0.6 is 0 Å². The Kier molecular flexibility index (Phi) is 4.54. The molecule has 3 N–H and O–H groups in total. The van der Waals surface area contributed by atoms with E-state index in [-0.39, 0.29) is 24.0 Å². The van der Waals surface area contributed by atoms with Crippen LogP contribution in [0.5, 0.6) is 5.75 Å². The van der Waals surface area contributed by atoms with Gasteiger partial charge < -0.3 is 34.7 Å². The molecule has 5 heterocycles. The van der Waals surface area contributed by atoms with Crippen LogP contribution in [-0.4, -0.2) is 53.3 Å². The number of rotatable bonds is 3. The highest BCUT2D eigenvalue weighted by molar-refractivity contribution is 6.00. The van der Waals surface area contributed by atoms with E-state index in [2.05, 4.69) is 25.8 Å². The first-order valence-electron chi connectivity index (χ1n) is 11.2. The maximum Gasteiger partial charge on any atom is 0.407 e. The van der Waals surface area contributed by atoms with Gasteiger partial charge in [-0.05, 0) is 38.5 Å². The molecule has 11 heteroatoms. The van der Waals surface area contributed by atoms with E-state index in [4.69, 9.17) is 18.9 Å². The first-order chi connectivity index (χ1) is 16.4. The first kappa shape index (κ1) is 20.6. The summed E-state index contributed by atoms with van der Waals surface area (Å²) in [6.07, 6.45) is 1.86. The second-order valence-electron chi connectivity index (χ2n) is 9.23. The van der Waals surface area contributed by atoms with Gasteiger partial charge in [0.1, 0.15) is 17.4 Å². The maximum absolute atomic E-state index is 12.3. The number of nitrogens with one attached hydrogen (secondary N) is 3. The lowest BCUT2D eigenvalue weighted by molar-refractivity contribution is -0.129. The number of furan rings is 1. The van der Waals surface area contributed by atoms with Crippen molar-refractivity contribution >= 4 is 46.2 Å². The third-order valence-corrected chi connectivity index (χ3v) is 6.44. The number of amides is 2. The van der Waals surface area contributed by atoms with Crippen molar-refractivity contribution in [2.45, 2.75) is 32.0 Å². The molecule has 176 valence electrons. The fourth-order valence-corrected chi connectivity index (χ4v) is 4.55. The zero-order chi connectivity index (χ0) is 23.4. The van der Waals surface area contributed by atoms with Crippen LogP contribution in [0.25, 0.3) is 11.1 Å². The van der Waals surface area contributed by atoms with E-state index in [0.717, 1.165) is 13.0 Å². The third kappa shape index (κ3) is 3.53. The van der Waals surface area contributed by atoms with Crippen molar-refractivity contribution in [3.63, 3.8) is 0 Å². The molecule has 3 aliphatic heterocycles. The Hall–Kier alpha value is -4.02. The SMILES string of the molecule is CC1(C)Oc2ccc(Nc3nc(N4CC[C@H]5CNC(=O)O[C@@H]5C4)c4occc4n3)cc2NC1=O. The van der Waals surface area contributed by atoms with E-state index < -0.39 is 5.60 Å². The molecule has 0 aliphatic carbocycles. The molecule has 2 aromatic heterocycles. The first-order valence-corrected chi connectivity index (χ1v) is 11.2. The Morgan fingerprint density at radius 1 is 1.21 bits per heavy atom. The molecular formula is C23H24N6O5. The number of ether oxygens (including phenoxy) is 2. The number of nitrogens with zero attached hydrogens (tertiary/aromatic N) is 3. The van der Waals surface area contributed by atoms with Crippen molar-refractivity contribution in [1.82, 2.24) is 15.3 Å². The van der Waals surface area contributed by atoms with Crippen molar-refractivity contribution in [1.29, 1.82) is 0 Å². The molecular weight excluding hydrogens is 440 g/mol. The molecule has 3 aromatic rings. The van der Waals surface area contributed by atoms with Crippen molar-refractivity contribution < 1.29 is 23.5 Å². The molecule has 2 atom stereocenters. The summed E-state index contributed by atoms with van der Waals surface area (Å²) in [6, 6.07) is 7.21. The van der Waals surface area contributed by atoms with Gasteiger partial charge in [0.25, 0.3) is 5.91 Å². The van der Waals surface area contributed by atoms with Crippen LogP contribution in [0, 0.1) is 5.92 Å². The Balaban J connectivity index is 1.29. The van der Waals surface area contributed by atoms with Crippen LogP contribution in [0.15, 0.2) is 34.9 Å². The summed E-state index contributed by atoms with van der Waals surface area (Å²) in [6.45, 7) is 5.36. The largest absolute Gasteiger partial charge is 0.476 e. The molecule has 0 spiro atoms. The topological polar surface area (TPSA) is 131 Å². The maximum atomic E-state index is 12.3. The predicted molar refractivity (Wildman–Crippen MR) is 123 cm³/mol. The summed E-state index contributed by atoms with van der Waals surface area (Å²) in [4.78, 5) is 35.4. The molecule has 6 rings (SSSR count). The number of anilines is 4. The molecule has 0 unspecified atom stereocenters. The number of piperidine rings is 1. The summed E-state index contributed by atoms with van der Waals surface area (Å²) in [5, 5.41) is 8.86. The van der Waals surface area contributed by atoms with Crippen LogP contribution in [0.3, 0.4) is 0 Å². The number of carbonyl (C=O) groups is 2. The Labute approximate surface area is 194 Å². The molecule has 0 radical (unpaired) electrons. The summed E-state index contributed by atoms with van der Waals surface area (Å²) in [7, 11) is 0. The molecule has 11 nitrogen and oxygen atoms in total. The highest BCUT2D eigenvalue weighted by Crippen LogP contribution is 2.37. The van der Waals surface area contributed by atoms with Gasteiger partial charge in [0.05, 0.1) is 18.5 Å². The number of aromatic nitrogens is 2. The fraction of sp³-hybridized carbons (Fsp3) is 0.391. The van der Waals surface area contributed by atoms with Crippen LogP contribution in [0.4, 0.5) is 27.9 Å². The van der Waals surface area contributed by atoms with E-state index in [1.807, 2.05) is 6.07 Å². The van der Waals surface area contributed by atoms with E-state index >= 15 is 0 Å². The Morgan fingerprint density at radius 2 is 2.09 bits per heavy atom. The van der Waals surface area contributed by atoms with E-state index in [9.17, 15) is 9.59 Å². The van der Waals surface area contributed by atoms with Crippen molar-refractivity contribution in [3.8, 4) is 5.75 Å². The van der Waals surface area contributed by atoms with Crippen molar-refractivity contribution in [3.05, 3.63) is 30.5 Å². The standard InChI is InChI=1S/C23H24N6O5/c1-23(2)20(30)26-15-9-13(3-4-16(15)34-23)25-21-27-14-6-8-32-18(14)19(28-21)29-7-5-12-10-24-22(31)33-17(12)11-29/h3-4,6,8-9,12,17H,5,7,10-11H2,1-2H3,(H,24,31)(H,26,30)(H,25,27,28)/t12-,17+/m0/s1. The minimum atomic E-state index is -0.928.